The molecular formula is C17H30IN3O2. The average molecular weight is 435 g/mol. The Hall–Kier alpha value is -1.18. The minimum Gasteiger partial charge on any atom is -0.493 e. The number of benzene rings is 1. The highest BCUT2D eigenvalue weighted by Crippen LogP contribution is 2.27. The molecule has 6 heteroatoms. The fraction of sp³-hybridized carbons (Fsp3) is 0.588. The summed E-state index contributed by atoms with van der Waals surface area (Å²) in [6, 6.07) is 5.95. The zero-order valence-corrected chi connectivity index (χ0v) is 17.1. The van der Waals surface area contributed by atoms with Crippen LogP contribution in [0.3, 0.4) is 0 Å². The van der Waals surface area contributed by atoms with Gasteiger partial charge < -0.3 is 20.1 Å². The highest BCUT2D eigenvalue weighted by Gasteiger charge is 2.06. The van der Waals surface area contributed by atoms with Gasteiger partial charge >= 0.3 is 0 Å². The third-order valence-electron chi connectivity index (χ3n) is 3.23. The van der Waals surface area contributed by atoms with Crippen LogP contribution in [0.5, 0.6) is 11.5 Å². The summed E-state index contributed by atoms with van der Waals surface area (Å²) >= 11 is 0. The Kier molecular flexibility index (Phi) is 11.6. The second-order valence-electron chi connectivity index (χ2n) is 5.45. The lowest BCUT2D eigenvalue weighted by molar-refractivity contribution is 0.310. The Morgan fingerprint density at radius 3 is 2.52 bits per heavy atom. The molecule has 0 aliphatic heterocycles. The van der Waals surface area contributed by atoms with Crippen molar-refractivity contribution in [2.45, 2.75) is 33.7 Å². The molecule has 5 nitrogen and oxygen atoms in total. The summed E-state index contributed by atoms with van der Waals surface area (Å²) in [7, 11) is 3.44. The molecule has 23 heavy (non-hydrogen) atoms. The molecule has 1 aromatic carbocycles. The number of halogens is 1. The maximum absolute atomic E-state index is 5.52. The van der Waals surface area contributed by atoms with Crippen LogP contribution in [0.25, 0.3) is 0 Å². The molecule has 0 fully saturated rings. The monoisotopic (exact) mass is 435 g/mol. The molecule has 0 heterocycles. The number of rotatable bonds is 8. The molecule has 0 spiro atoms. The normalized spacial score (nSPS) is 11.0. The van der Waals surface area contributed by atoms with Crippen LogP contribution in [0.15, 0.2) is 23.2 Å². The molecule has 2 N–H and O–H groups in total. The SMILES string of the molecule is CCOc1ccc(CNC(=NC)NCCC(C)C)cc1OC.I. The zero-order valence-electron chi connectivity index (χ0n) is 14.8. The molecule has 0 unspecified atom stereocenters. The van der Waals surface area contributed by atoms with Crippen LogP contribution in [0, 0.1) is 5.92 Å². The quantitative estimate of drug-likeness (QED) is 0.373. The average Bonchev–Trinajstić information content (AvgIpc) is 2.51. The Balaban J connectivity index is 0.00000484. The van der Waals surface area contributed by atoms with Crippen molar-refractivity contribution in [1.82, 2.24) is 10.6 Å². The topological polar surface area (TPSA) is 54.9 Å². The standard InChI is InChI=1S/C17H29N3O2.HI/c1-6-22-15-8-7-14(11-16(15)21-5)12-20-17(18-4)19-10-9-13(2)3;/h7-8,11,13H,6,9-10,12H2,1-5H3,(H2,18,19,20);1H. The summed E-state index contributed by atoms with van der Waals surface area (Å²) in [5.41, 5.74) is 1.12. The van der Waals surface area contributed by atoms with Gasteiger partial charge in [0.1, 0.15) is 0 Å². The molecule has 0 bridgehead atoms. The van der Waals surface area contributed by atoms with E-state index >= 15 is 0 Å². The first-order valence-corrected chi connectivity index (χ1v) is 7.84. The first kappa shape index (κ1) is 21.8. The predicted molar refractivity (Wildman–Crippen MR) is 107 cm³/mol. The van der Waals surface area contributed by atoms with Gasteiger partial charge in [-0.3, -0.25) is 4.99 Å². The van der Waals surface area contributed by atoms with Gasteiger partial charge in [-0.25, -0.2) is 0 Å². The molecule has 1 rings (SSSR count). The molecule has 0 saturated carbocycles. The van der Waals surface area contributed by atoms with Gasteiger partial charge in [0.25, 0.3) is 0 Å². The van der Waals surface area contributed by atoms with Gasteiger partial charge in [-0.15, -0.1) is 24.0 Å². The van der Waals surface area contributed by atoms with Crippen molar-refractivity contribution in [3.8, 4) is 11.5 Å². The van der Waals surface area contributed by atoms with Crippen molar-refractivity contribution in [3.05, 3.63) is 23.8 Å². The van der Waals surface area contributed by atoms with E-state index in [0.29, 0.717) is 19.1 Å². The molecule has 132 valence electrons. The molecule has 0 aromatic heterocycles. The summed E-state index contributed by atoms with van der Waals surface area (Å²) < 4.78 is 10.9. The number of methoxy groups -OCH3 is 1. The summed E-state index contributed by atoms with van der Waals surface area (Å²) in [5, 5.41) is 6.62. The molecular weight excluding hydrogens is 405 g/mol. The van der Waals surface area contributed by atoms with Crippen LogP contribution in [0.2, 0.25) is 0 Å². The van der Waals surface area contributed by atoms with Crippen molar-refractivity contribution >= 4 is 29.9 Å². The van der Waals surface area contributed by atoms with Crippen molar-refractivity contribution < 1.29 is 9.47 Å². The number of hydrogen-bond acceptors (Lipinski definition) is 3. The molecule has 1 aromatic rings. The van der Waals surface area contributed by atoms with Gasteiger partial charge in [-0.2, -0.15) is 0 Å². The highest BCUT2D eigenvalue weighted by molar-refractivity contribution is 14.0. The third-order valence-corrected chi connectivity index (χ3v) is 3.23. The van der Waals surface area contributed by atoms with Gasteiger partial charge in [0, 0.05) is 20.1 Å². The number of aliphatic imine (C=N–C) groups is 1. The largest absolute Gasteiger partial charge is 0.493 e. The Bertz CT molecular complexity index is 479. The number of nitrogens with one attached hydrogen (secondary N) is 2. The van der Waals surface area contributed by atoms with E-state index in [2.05, 4.69) is 29.5 Å². The number of nitrogens with zero attached hydrogens (tertiary/aromatic N) is 1. The molecule has 0 aliphatic rings. The molecule has 0 saturated heterocycles. The lowest BCUT2D eigenvalue weighted by atomic mass is 10.1. The smallest absolute Gasteiger partial charge is 0.191 e. The van der Waals surface area contributed by atoms with E-state index in [1.165, 1.54) is 0 Å². The van der Waals surface area contributed by atoms with Crippen molar-refractivity contribution in [2.75, 3.05) is 27.3 Å². The first-order chi connectivity index (χ1) is 10.6. The summed E-state index contributed by atoms with van der Waals surface area (Å²) in [6.45, 7) is 8.62. The van der Waals surface area contributed by atoms with E-state index < -0.39 is 0 Å². The lowest BCUT2D eigenvalue weighted by Gasteiger charge is -2.14. The molecule has 0 radical (unpaired) electrons. The first-order valence-electron chi connectivity index (χ1n) is 7.84. The maximum Gasteiger partial charge on any atom is 0.191 e. The van der Waals surface area contributed by atoms with Gasteiger partial charge in [0.15, 0.2) is 17.5 Å². The fourth-order valence-corrected chi connectivity index (χ4v) is 1.98. The number of hydrogen-bond donors (Lipinski definition) is 2. The van der Waals surface area contributed by atoms with Crippen LogP contribution >= 0.6 is 24.0 Å². The third kappa shape index (κ3) is 8.29. The van der Waals surface area contributed by atoms with Crippen molar-refractivity contribution in [1.29, 1.82) is 0 Å². The van der Waals surface area contributed by atoms with Gasteiger partial charge in [-0.1, -0.05) is 19.9 Å². The lowest BCUT2D eigenvalue weighted by Crippen LogP contribution is -2.37. The van der Waals surface area contributed by atoms with E-state index in [9.17, 15) is 0 Å². The molecule has 0 aliphatic carbocycles. The number of guanidine groups is 1. The zero-order chi connectivity index (χ0) is 16.4. The molecule has 0 atom stereocenters. The Morgan fingerprint density at radius 1 is 1.22 bits per heavy atom. The van der Waals surface area contributed by atoms with E-state index in [1.807, 2.05) is 25.1 Å². The van der Waals surface area contributed by atoms with E-state index in [1.54, 1.807) is 14.2 Å². The second-order valence-corrected chi connectivity index (χ2v) is 5.45. The van der Waals surface area contributed by atoms with Crippen molar-refractivity contribution in [2.24, 2.45) is 10.9 Å². The molecule has 0 amide bonds. The van der Waals surface area contributed by atoms with Gasteiger partial charge in [-0.05, 0) is 37.0 Å². The summed E-state index contributed by atoms with van der Waals surface area (Å²) in [4.78, 5) is 4.23. The van der Waals surface area contributed by atoms with E-state index in [-0.39, 0.29) is 24.0 Å². The van der Waals surface area contributed by atoms with Gasteiger partial charge in [0.2, 0.25) is 0 Å². The van der Waals surface area contributed by atoms with Gasteiger partial charge in [0.05, 0.1) is 13.7 Å². The minimum atomic E-state index is 0. The Labute approximate surface area is 157 Å². The Morgan fingerprint density at radius 2 is 1.96 bits per heavy atom. The summed E-state index contributed by atoms with van der Waals surface area (Å²) in [6.07, 6.45) is 1.12. The highest BCUT2D eigenvalue weighted by atomic mass is 127. The predicted octanol–water partition coefficient (Wildman–Crippen LogP) is 3.42. The fourth-order valence-electron chi connectivity index (χ4n) is 1.98. The number of ether oxygens (including phenoxy) is 2. The summed E-state index contributed by atoms with van der Waals surface area (Å²) in [5.74, 6) is 3.02. The van der Waals surface area contributed by atoms with Crippen molar-refractivity contribution in [3.63, 3.8) is 0 Å². The van der Waals surface area contributed by atoms with Crippen LogP contribution in [0.4, 0.5) is 0 Å². The van der Waals surface area contributed by atoms with Crippen LogP contribution in [-0.2, 0) is 6.54 Å². The maximum atomic E-state index is 5.52. The minimum absolute atomic E-state index is 0. The van der Waals surface area contributed by atoms with Crippen LogP contribution in [-0.4, -0.2) is 33.3 Å². The second kappa shape index (κ2) is 12.3. The van der Waals surface area contributed by atoms with Crippen LogP contribution in [0.1, 0.15) is 32.8 Å². The van der Waals surface area contributed by atoms with Crippen LogP contribution < -0.4 is 20.1 Å². The van der Waals surface area contributed by atoms with E-state index in [4.69, 9.17) is 9.47 Å². The van der Waals surface area contributed by atoms with E-state index in [0.717, 1.165) is 36.0 Å².